The lowest BCUT2D eigenvalue weighted by Gasteiger charge is -2.27. The van der Waals surface area contributed by atoms with E-state index in [4.69, 9.17) is 4.74 Å². The maximum Gasteiger partial charge on any atom is 0.407 e. The van der Waals surface area contributed by atoms with Crippen LogP contribution in [0, 0.1) is 0 Å². The minimum atomic E-state index is -1.18. The first kappa shape index (κ1) is 21.9. The van der Waals surface area contributed by atoms with E-state index < -0.39 is 18.1 Å². The molecule has 1 fully saturated rings. The maximum absolute atomic E-state index is 12.4. The quantitative estimate of drug-likeness (QED) is 0.689. The van der Waals surface area contributed by atoms with Crippen LogP contribution in [0.25, 0.3) is 11.1 Å². The number of likely N-dealkylation sites (tertiary alicyclic amines) is 1. The molecule has 2 amide bonds. The minimum absolute atomic E-state index is 0.0366. The van der Waals surface area contributed by atoms with E-state index in [2.05, 4.69) is 5.32 Å². The van der Waals surface area contributed by atoms with Gasteiger partial charge in [-0.15, -0.1) is 0 Å². The molecule has 0 aromatic heterocycles. The summed E-state index contributed by atoms with van der Waals surface area (Å²) >= 11 is 0. The molecule has 0 spiro atoms. The topological polar surface area (TPSA) is 95.9 Å². The van der Waals surface area contributed by atoms with Crippen LogP contribution in [0.4, 0.5) is 4.79 Å². The van der Waals surface area contributed by atoms with E-state index >= 15 is 0 Å². The molecule has 1 saturated heterocycles. The molecule has 0 saturated carbocycles. The SMILES string of the molecule is O=C(NC(CCC(=O)N1CCCCC1)C(=O)O)OCC1c2ccccc2-c2ccccc21. The number of amides is 2. The van der Waals surface area contributed by atoms with E-state index in [0.29, 0.717) is 0 Å². The van der Waals surface area contributed by atoms with Crippen molar-refractivity contribution in [2.75, 3.05) is 19.7 Å². The van der Waals surface area contributed by atoms with Crippen molar-refractivity contribution in [1.29, 1.82) is 0 Å². The number of carboxylic acids is 1. The lowest BCUT2D eigenvalue weighted by Crippen LogP contribution is -2.43. The molecule has 1 aliphatic heterocycles. The highest BCUT2D eigenvalue weighted by Gasteiger charge is 2.30. The summed E-state index contributed by atoms with van der Waals surface area (Å²) in [6.45, 7) is 1.55. The van der Waals surface area contributed by atoms with Crippen molar-refractivity contribution < 1.29 is 24.2 Å². The summed E-state index contributed by atoms with van der Waals surface area (Å²) in [6, 6.07) is 14.8. The minimum Gasteiger partial charge on any atom is -0.480 e. The number of alkyl carbamates (subject to hydrolysis) is 1. The van der Waals surface area contributed by atoms with Gasteiger partial charge in [-0.25, -0.2) is 9.59 Å². The molecule has 168 valence electrons. The summed E-state index contributed by atoms with van der Waals surface area (Å²) in [7, 11) is 0. The van der Waals surface area contributed by atoms with Gasteiger partial charge >= 0.3 is 12.1 Å². The summed E-state index contributed by atoms with van der Waals surface area (Å²) in [5.41, 5.74) is 4.42. The standard InChI is InChI=1S/C25H28N2O5/c28-23(27-14-6-1-7-15-27)13-12-22(24(29)30)26-25(31)32-16-21-19-10-4-2-8-17(19)18-9-3-5-11-20(18)21/h2-5,8-11,21-22H,1,6-7,12-16H2,(H,26,31)(H,29,30). The Kier molecular flexibility index (Phi) is 6.73. The molecule has 32 heavy (non-hydrogen) atoms. The molecule has 7 nitrogen and oxygen atoms in total. The third kappa shape index (κ3) is 4.77. The molecule has 1 aliphatic carbocycles. The Balaban J connectivity index is 1.33. The molecule has 2 N–H and O–H groups in total. The van der Waals surface area contributed by atoms with Crippen molar-refractivity contribution in [3.63, 3.8) is 0 Å². The monoisotopic (exact) mass is 436 g/mol. The zero-order chi connectivity index (χ0) is 22.5. The number of nitrogens with zero attached hydrogens (tertiary/aromatic N) is 1. The predicted octanol–water partition coefficient (Wildman–Crippen LogP) is 3.77. The van der Waals surface area contributed by atoms with Gasteiger partial charge in [-0.1, -0.05) is 48.5 Å². The van der Waals surface area contributed by atoms with Crippen molar-refractivity contribution >= 4 is 18.0 Å². The molecule has 2 aliphatic rings. The first-order valence-corrected chi connectivity index (χ1v) is 11.2. The van der Waals surface area contributed by atoms with Crippen LogP contribution in [0.2, 0.25) is 0 Å². The van der Waals surface area contributed by atoms with Crippen LogP contribution in [0.1, 0.15) is 49.1 Å². The second-order valence-corrected chi connectivity index (χ2v) is 8.34. The van der Waals surface area contributed by atoms with Gasteiger partial charge in [0.15, 0.2) is 0 Å². The van der Waals surface area contributed by atoms with Gasteiger partial charge < -0.3 is 20.1 Å². The van der Waals surface area contributed by atoms with Gasteiger partial charge in [0, 0.05) is 25.4 Å². The average molecular weight is 437 g/mol. The summed E-state index contributed by atoms with van der Waals surface area (Å²) in [5, 5.41) is 11.9. The highest BCUT2D eigenvalue weighted by molar-refractivity contribution is 5.82. The fraction of sp³-hybridized carbons (Fsp3) is 0.400. The summed E-state index contributed by atoms with van der Waals surface area (Å²) in [6.07, 6.45) is 2.41. The predicted molar refractivity (Wildman–Crippen MR) is 119 cm³/mol. The molecule has 2 aromatic rings. The zero-order valence-corrected chi connectivity index (χ0v) is 18.0. The summed E-state index contributed by atoms with van der Waals surface area (Å²) in [5.74, 6) is -1.34. The van der Waals surface area contributed by atoms with Gasteiger partial charge in [0.1, 0.15) is 12.6 Å². The van der Waals surface area contributed by atoms with Crippen LogP contribution < -0.4 is 5.32 Å². The van der Waals surface area contributed by atoms with Crippen LogP contribution in [-0.2, 0) is 14.3 Å². The number of rotatable bonds is 7. The summed E-state index contributed by atoms with van der Waals surface area (Å²) < 4.78 is 5.43. The summed E-state index contributed by atoms with van der Waals surface area (Å²) in [4.78, 5) is 38.1. The van der Waals surface area contributed by atoms with E-state index in [1.54, 1.807) is 4.90 Å². The van der Waals surface area contributed by atoms with Gasteiger partial charge in [-0.2, -0.15) is 0 Å². The Morgan fingerprint density at radius 3 is 2.16 bits per heavy atom. The van der Waals surface area contributed by atoms with Crippen molar-refractivity contribution in [1.82, 2.24) is 10.2 Å². The largest absolute Gasteiger partial charge is 0.480 e. The van der Waals surface area contributed by atoms with Crippen molar-refractivity contribution in [2.45, 2.75) is 44.1 Å². The fourth-order valence-corrected chi connectivity index (χ4v) is 4.61. The molecule has 0 radical (unpaired) electrons. The van der Waals surface area contributed by atoms with E-state index in [0.717, 1.165) is 54.6 Å². The van der Waals surface area contributed by atoms with E-state index in [9.17, 15) is 19.5 Å². The van der Waals surface area contributed by atoms with E-state index in [1.165, 1.54) is 0 Å². The zero-order valence-electron chi connectivity index (χ0n) is 18.0. The normalized spacial score (nSPS) is 16.1. The highest BCUT2D eigenvalue weighted by atomic mass is 16.5. The third-order valence-electron chi connectivity index (χ3n) is 6.29. The molecular formula is C25H28N2O5. The van der Waals surface area contributed by atoms with Gasteiger partial charge in [-0.05, 0) is 47.9 Å². The molecule has 2 aromatic carbocycles. The van der Waals surface area contributed by atoms with Crippen LogP contribution in [0.15, 0.2) is 48.5 Å². The third-order valence-corrected chi connectivity index (χ3v) is 6.29. The molecule has 1 unspecified atom stereocenters. The Bertz CT molecular complexity index is 954. The van der Waals surface area contributed by atoms with Crippen molar-refractivity contribution in [3.05, 3.63) is 59.7 Å². The molecular weight excluding hydrogens is 408 g/mol. The number of hydrogen-bond acceptors (Lipinski definition) is 4. The first-order valence-electron chi connectivity index (χ1n) is 11.2. The fourth-order valence-electron chi connectivity index (χ4n) is 4.61. The lowest BCUT2D eigenvalue weighted by atomic mass is 9.98. The number of benzene rings is 2. The highest BCUT2D eigenvalue weighted by Crippen LogP contribution is 2.44. The maximum atomic E-state index is 12.4. The van der Waals surface area contributed by atoms with Crippen LogP contribution >= 0.6 is 0 Å². The number of carbonyl (C=O) groups excluding carboxylic acids is 2. The van der Waals surface area contributed by atoms with Crippen molar-refractivity contribution in [3.8, 4) is 11.1 Å². The number of aliphatic carboxylic acids is 1. The van der Waals surface area contributed by atoms with Gasteiger partial charge in [0.25, 0.3) is 0 Å². The van der Waals surface area contributed by atoms with Crippen LogP contribution in [0.5, 0.6) is 0 Å². The Morgan fingerprint density at radius 2 is 1.56 bits per heavy atom. The van der Waals surface area contributed by atoms with Gasteiger partial charge in [0.2, 0.25) is 5.91 Å². The van der Waals surface area contributed by atoms with Gasteiger partial charge in [-0.3, -0.25) is 4.79 Å². The smallest absolute Gasteiger partial charge is 0.407 e. The number of carboxylic acid groups (broad SMARTS) is 1. The average Bonchev–Trinajstić information content (AvgIpc) is 3.14. The van der Waals surface area contributed by atoms with Crippen molar-refractivity contribution in [2.24, 2.45) is 0 Å². The Labute approximate surface area is 187 Å². The Hall–Kier alpha value is -3.35. The lowest BCUT2D eigenvalue weighted by molar-refractivity contribution is -0.140. The number of fused-ring (bicyclic) bond motifs is 3. The molecule has 4 rings (SSSR count). The van der Waals surface area contributed by atoms with E-state index in [1.807, 2.05) is 48.5 Å². The number of piperidine rings is 1. The van der Waals surface area contributed by atoms with Crippen LogP contribution in [0.3, 0.4) is 0 Å². The number of hydrogen-bond donors (Lipinski definition) is 2. The number of ether oxygens (including phenoxy) is 1. The molecule has 7 heteroatoms. The second-order valence-electron chi connectivity index (χ2n) is 8.34. The number of carbonyl (C=O) groups is 3. The molecule has 1 atom stereocenters. The van der Waals surface area contributed by atoms with Crippen LogP contribution in [-0.4, -0.2) is 53.7 Å². The van der Waals surface area contributed by atoms with E-state index in [-0.39, 0.29) is 31.3 Å². The first-order chi connectivity index (χ1) is 15.5. The number of nitrogens with one attached hydrogen (secondary N) is 1. The van der Waals surface area contributed by atoms with Gasteiger partial charge in [0.05, 0.1) is 0 Å². The molecule has 1 heterocycles. The Morgan fingerprint density at radius 1 is 0.969 bits per heavy atom. The molecule has 0 bridgehead atoms. The second kappa shape index (κ2) is 9.85.